The number of hydrogen-bond donors (Lipinski definition) is 2. The Hall–Kier alpha value is -2.30. The number of benzene rings is 1. The second-order valence-corrected chi connectivity index (χ2v) is 6.51. The van der Waals surface area contributed by atoms with Crippen LogP contribution in [0.5, 0.6) is 0 Å². The minimum Gasteiger partial charge on any atom is -0.361 e. The topological polar surface area (TPSA) is 62.5 Å². The monoisotopic (exact) mass is 342 g/mol. The van der Waals surface area contributed by atoms with E-state index in [1.165, 1.54) is 16.7 Å². The van der Waals surface area contributed by atoms with E-state index in [0.717, 1.165) is 43.5 Å². The largest absolute Gasteiger partial charge is 0.361 e. The Bertz CT molecular complexity index is 669. The number of rotatable bonds is 7. The van der Waals surface area contributed by atoms with Crippen LogP contribution >= 0.6 is 0 Å². The van der Waals surface area contributed by atoms with Crippen molar-refractivity contribution in [3.05, 3.63) is 52.4 Å². The van der Waals surface area contributed by atoms with Crippen molar-refractivity contribution in [1.82, 2.24) is 15.8 Å². The lowest BCUT2D eigenvalue weighted by Crippen LogP contribution is -2.38. The second-order valence-electron chi connectivity index (χ2n) is 6.51. The van der Waals surface area contributed by atoms with E-state index in [2.05, 4.69) is 60.8 Å². The molecule has 0 saturated carbocycles. The number of nitrogens with zero attached hydrogens (tertiary/aromatic N) is 2. The fraction of sp³-hybridized carbons (Fsp3) is 0.500. The highest BCUT2D eigenvalue weighted by atomic mass is 16.5. The first-order chi connectivity index (χ1) is 12.0. The number of guanidine groups is 1. The predicted octanol–water partition coefficient (Wildman–Crippen LogP) is 3.50. The summed E-state index contributed by atoms with van der Waals surface area (Å²) in [6.45, 7) is 12.7. The molecular formula is C20H30N4O. The standard InChI is InChI=1S/C20H30N4O/c1-6-21-20(22-12-11-19-16(4)24-25-17(19)5)23-13-15(3)18-9-7-14(2)8-10-18/h7-10,15H,6,11-13H2,1-5H3,(H2,21,22,23). The lowest BCUT2D eigenvalue weighted by atomic mass is 10.0. The number of nitrogens with one attached hydrogen (secondary N) is 2. The molecule has 0 spiro atoms. The Morgan fingerprint density at radius 3 is 2.48 bits per heavy atom. The van der Waals surface area contributed by atoms with Crippen molar-refractivity contribution in [2.45, 2.75) is 47.0 Å². The maximum absolute atomic E-state index is 5.21. The summed E-state index contributed by atoms with van der Waals surface area (Å²) in [4.78, 5) is 4.73. The van der Waals surface area contributed by atoms with Crippen LogP contribution in [0.3, 0.4) is 0 Å². The Balaban J connectivity index is 1.90. The molecule has 0 bridgehead atoms. The summed E-state index contributed by atoms with van der Waals surface area (Å²) in [6.07, 6.45) is 0.874. The van der Waals surface area contributed by atoms with E-state index in [0.29, 0.717) is 5.92 Å². The normalized spacial score (nSPS) is 12.9. The van der Waals surface area contributed by atoms with Crippen LogP contribution < -0.4 is 10.6 Å². The molecule has 1 unspecified atom stereocenters. The Kier molecular flexibility index (Phi) is 7.04. The van der Waals surface area contributed by atoms with Gasteiger partial charge in [0.25, 0.3) is 0 Å². The quantitative estimate of drug-likeness (QED) is 0.597. The van der Waals surface area contributed by atoms with Gasteiger partial charge < -0.3 is 15.2 Å². The smallest absolute Gasteiger partial charge is 0.191 e. The molecule has 0 fully saturated rings. The molecule has 0 radical (unpaired) electrons. The summed E-state index contributed by atoms with van der Waals surface area (Å²) in [7, 11) is 0. The SMILES string of the molecule is CCNC(=NCC(C)c1ccc(C)cc1)NCCc1c(C)noc1C. The number of hydrogen-bond acceptors (Lipinski definition) is 3. The molecule has 1 aromatic heterocycles. The summed E-state index contributed by atoms with van der Waals surface area (Å²) < 4.78 is 5.21. The van der Waals surface area contributed by atoms with Crippen LogP contribution in [0.15, 0.2) is 33.8 Å². The van der Waals surface area contributed by atoms with E-state index in [1.54, 1.807) is 0 Å². The lowest BCUT2D eigenvalue weighted by Gasteiger charge is -2.14. The van der Waals surface area contributed by atoms with Gasteiger partial charge in [-0.3, -0.25) is 4.99 Å². The number of aliphatic imine (C=N–C) groups is 1. The summed E-state index contributed by atoms with van der Waals surface area (Å²) >= 11 is 0. The van der Waals surface area contributed by atoms with Crippen LogP contribution in [0.2, 0.25) is 0 Å². The van der Waals surface area contributed by atoms with Gasteiger partial charge >= 0.3 is 0 Å². The molecule has 5 nitrogen and oxygen atoms in total. The third kappa shape index (κ3) is 5.62. The lowest BCUT2D eigenvalue weighted by molar-refractivity contribution is 0.392. The highest BCUT2D eigenvalue weighted by Crippen LogP contribution is 2.16. The van der Waals surface area contributed by atoms with Crippen LogP contribution in [0.1, 0.15) is 47.9 Å². The first kappa shape index (κ1) is 19.0. The molecule has 0 saturated heterocycles. The fourth-order valence-corrected chi connectivity index (χ4v) is 2.74. The van der Waals surface area contributed by atoms with Crippen molar-refractivity contribution in [1.29, 1.82) is 0 Å². The molecule has 1 heterocycles. The number of aromatic nitrogens is 1. The average molecular weight is 342 g/mol. The molecule has 0 aliphatic heterocycles. The fourth-order valence-electron chi connectivity index (χ4n) is 2.74. The maximum atomic E-state index is 5.21. The Labute approximate surface area is 150 Å². The summed E-state index contributed by atoms with van der Waals surface area (Å²) in [6, 6.07) is 8.69. The highest BCUT2D eigenvalue weighted by Gasteiger charge is 2.09. The third-order valence-corrected chi connectivity index (χ3v) is 4.36. The van der Waals surface area contributed by atoms with Gasteiger partial charge in [0.05, 0.1) is 5.69 Å². The zero-order valence-electron chi connectivity index (χ0n) is 16.0. The molecule has 2 aromatic rings. The highest BCUT2D eigenvalue weighted by molar-refractivity contribution is 5.79. The first-order valence-corrected chi connectivity index (χ1v) is 9.01. The molecule has 1 aromatic carbocycles. The van der Waals surface area contributed by atoms with E-state index < -0.39 is 0 Å². The Morgan fingerprint density at radius 2 is 1.88 bits per heavy atom. The van der Waals surface area contributed by atoms with E-state index in [9.17, 15) is 0 Å². The van der Waals surface area contributed by atoms with Gasteiger partial charge in [0.2, 0.25) is 0 Å². The molecule has 2 rings (SSSR count). The van der Waals surface area contributed by atoms with E-state index in [-0.39, 0.29) is 0 Å². The van der Waals surface area contributed by atoms with Crippen LogP contribution in [-0.2, 0) is 6.42 Å². The van der Waals surface area contributed by atoms with Gasteiger partial charge in [0.1, 0.15) is 5.76 Å². The first-order valence-electron chi connectivity index (χ1n) is 9.01. The zero-order chi connectivity index (χ0) is 18.2. The Morgan fingerprint density at radius 1 is 1.16 bits per heavy atom. The van der Waals surface area contributed by atoms with Crippen molar-refractivity contribution in [2.75, 3.05) is 19.6 Å². The van der Waals surface area contributed by atoms with Crippen molar-refractivity contribution in [3.63, 3.8) is 0 Å². The predicted molar refractivity (Wildman–Crippen MR) is 103 cm³/mol. The molecule has 0 aliphatic rings. The molecule has 1 atom stereocenters. The second kappa shape index (κ2) is 9.25. The number of aryl methyl sites for hydroxylation is 3. The van der Waals surface area contributed by atoms with Gasteiger partial charge in [0, 0.05) is 31.1 Å². The van der Waals surface area contributed by atoms with E-state index in [4.69, 9.17) is 9.52 Å². The van der Waals surface area contributed by atoms with Crippen molar-refractivity contribution in [3.8, 4) is 0 Å². The molecule has 25 heavy (non-hydrogen) atoms. The van der Waals surface area contributed by atoms with Gasteiger partial charge in [-0.1, -0.05) is 41.9 Å². The third-order valence-electron chi connectivity index (χ3n) is 4.36. The molecule has 0 aliphatic carbocycles. The molecular weight excluding hydrogens is 312 g/mol. The zero-order valence-corrected chi connectivity index (χ0v) is 16.0. The molecule has 0 amide bonds. The van der Waals surface area contributed by atoms with Crippen LogP contribution in [-0.4, -0.2) is 30.8 Å². The van der Waals surface area contributed by atoms with E-state index in [1.807, 2.05) is 13.8 Å². The summed E-state index contributed by atoms with van der Waals surface area (Å²) in [5.41, 5.74) is 4.75. The van der Waals surface area contributed by atoms with Crippen molar-refractivity contribution in [2.24, 2.45) is 4.99 Å². The maximum Gasteiger partial charge on any atom is 0.191 e. The van der Waals surface area contributed by atoms with Crippen LogP contribution in [0.4, 0.5) is 0 Å². The minimum atomic E-state index is 0.388. The van der Waals surface area contributed by atoms with Gasteiger partial charge in [-0.15, -0.1) is 0 Å². The summed E-state index contributed by atoms with van der Waals surface area (Å²) in [5, 5.41) is 10.7. The molecule has 136 valence electrons. The van der Waals surface area contributed by atoms with Crippen LogP contribution in [0, 0.1) is 20.8 Å². The van der Waals surface area contributed by atoms with E-state index >= 15 is 0 Å². The molecule has 2 N–H and O–H groups in total. The summed E-state index contributed by atoms with van der Waals surface area (Å²) in [5.74, 6) is 2.14. The van der Waals surface area contributed by atoms with Gasteiger partial charge in [-0.25, -0.2) is 0 Å². The van der Waals surface area contributed by atoms with Gasteiger partial charge in [-0.05, 0) is 39.7 Å². The minimum absolute atomic E-state index is 0.388. The molecule has 5 heteroatoms. The van der Waals surface area contributed by atoms with Gasteiger partial charge in [-0.2, -0.15) is 0 Å². The van der Waals surface area contributed by atoms with Crippen molar-refractivity contribution < 1.29 is 4.52 Å². The van der Waals surface area contributed by atoms with Gasteiger partial charge in [0.15, 0.2) is 5.96 Å². The average Bonchev–Trinajstić information content (AvgIpc) is 2.92. The van der Waals surface area contributed by atoms with Crippen molar-refractivity contribution >= 4 is 5.96 Å². The van der Waals surface area contributed by atoms with Crippen LogP contribution in [0.25, 0.3) is 0 Å².